The van der Waals surface area contributed by atoms with Gasteiger partial charge in [-0.05, 0) is 49.6 Å². The van der Waals surface area contributed by atoms with Crippen LogP contribution in [0.4, 0.5) is 0 Å². The van der Waals surface area contributed by atoms with Crippen LogP contribution in [-0.2, 0) is 24.3 Å². The van der Waals surface area contributed by atoms with Gasteiger partial charge in [-0.3, -0.25) is 19.0 Å². The maximum Gasteiger partial charge on any atom is 0.323 e. The standard InChI is InChI=1S/C33H32ClN5O4S/c1-2-22-17-24(30(42)23-13-7-8-14-25(23)34)33(44-22)39-28(36-37-31(39)20-10-4-3-5-11-20)18-35-32(43)27-16-21-12-6-9-15-26(21)38(27)19-29(40)41/h6-9,12-17,20H,2-5,10-11,18-19H2,1H3,(H,35,43)(H,40,41). The Morgan fingerprint density at radius 1 is 1.00 bits per heavy atom. The quantitative estimate of drug-likeness (QED) is 0.164. The Kier molecular flexibility index (Phi) is 8.63. The number of ketones is 1. The number of rotatable bonds is 10. The maximum absolute atomic E-state index is 13.9. The predicted molar refractivity (Wildman–Crippen MR) is 170 cm³/mol. The monoisotopic (exact) mass is 629 g/mol. The van der Waals surface area contributed by atoms with Gasteiger partial charge in [-0.25, -0.2) is 0 Å². The highest BCUT2D eigenvalue weighted by Gasteiger charge is 2.29. The topological polar surface area (TPSA) is 119 Å². The number of carbonyl (C=O) groups excluding carboxylic acids is 2. The van der Waals surface area contributed by atoms with Crippen LogP contribution >= 0.6 is 22.9 Å². The van der Waals surface area contributed by atoms with E-state index < -0.39 is 11.9 Å². The zero-order chi connectivity index (χ0) is 30.8. The Morgan fingerprint density at radius 3 is 2.50 bits per heavy atom. The lowest BCUT2D eigenvalue weighted by molar-refractivity contribution is -0.137. The number of amides is 1. The summed E-state index contributed by atoms with van der Waals surface area (Å²) in [7, 11) is 0. The second-order valence-corrected chi connectivity index (χ2v) is 12.5. The lowest BCUT2D eigenvalue weighted by Gasteiger charge is -2.22. The van der Waals surface area contributed by atoms with E-state index >= 15 is 0 Å². The van der Waals surface area contributed by atoms with E-state index in [1.165, 1.54) is 22.3 Å². The Labute approximate surface area is 263 Å². The van der Waals surface area contributed by atoms with Crippen molar-refractivity contribution in [1.82, 2.24) is 24.6 Å². The molecule has 226 valence electrons. The number of aliphatic carboxylic acids is 1. The molecule has 0 bridgehead atoms. The smallest absolute Gasteiger partial charge is 0.323 e. The molecule has 6 rings (SSSR count). The van der Waals surface area contributed by atoms with Crippen LogP contribution in [-0.4, -0.2) is 42.1 Å². The molecule has 3 aromatic heterocycles. The molecule has 2 aromatic carbocycles. The van der Waals surface area contributed by atoms with Crippen molar-refractivity contribution in [2.24, 2.45) is 0 Å². The van der Waals surface area contributed by atoms with E-state index in [4.69, 9.17) is 11.6 Å². The number of halogens is 1. The molecular formula is C33H32ClN5O4S. The molecule has 0 unspecified atom stereocenters. The van der Waals surface area contributed by atoms with Crippen LogP contribution in [0.5, 0.6) is 0 Å². The zero-order valence-electron chi connectivity index (χ0n) is 24.3. The van der Waals surface area contributed by atoms with Crippen LogP contribution in [0.1, 0.15) is 87.9 Å². The number of benzene rings is 2. The number of aryl methyl sites for hydroxylation is 1. The fraction of sp³-hybridized carbons (Fsp3) is 0.303. The van der Waals surface area contributed by atoms with Crippen molar-refractivity contribution in [3.8, 4) is 5.00 Å². The highest BCUT2D eigenvalue weighted by molar-refractivity contribution is 7.15. The van der Waals surface area contributed by atoms with Crippen molar-refractivity contribution in [2.45, 2.75) is 64.5 Å². The van der Waals surface area contributed by atoms with Gasteiger partial charge in [0.1, 0.15) is 23.1 Å². The minimum Gasteiger partial charge on any atom is -0.480 e. The van der Waals surface area contributed by atoms with E-state index in [-0.39, 0.29) is 30.5 Å². The highest BCUT2D eigenvalue weighted by atomic mass is 35.5. The van der Waals surface area contributed by atoms with Gasteiger partial charge in [0, 0.05) is 27.3 Å². The van der Waals surface area contributed by atoms with E-state index in [9.17, 15) is 19.5 Å². The number of carboxylic acid groups (broad SMARTS) is 1. The number of hydrogen-bond donors (Lipinski definition) is 2. The third-order valence-electron chi connectivity index (χ3n) is 8.15. The fourth-order valence-electron chi connectivity index (χ4n) is 5.97. The first kappa shape index (κ1) is 29.8. The van der Waals surface area contributed by atoms with E-state index in [1.807, 2.05) is 35.8 Å². The number of aromatic nitrogens is 4. The summed E-state index contributed by atoms with van der Waals surface area (Å²) in [6.45, 7) is 1.73. The Bertz CT molecular complexity index is 1870. The van der Waals surface area contributed by atoms with Gasteiger partial charge in [0.25, 0.3) is 5.91 Å². The van der Waals surface area contributed by atoms with Gasteiger partial charge in [-0.2, -0.15) is 0 Å². The number of para-hydroxylation sites is 1. The Morgan fingerprint density at radius 2 is 1.75 bits per heavy atom. The second kappa shape index (κ2) is 12.8. The van der Waals surface area contributed by atoms with Gasteiger partial charge in [0.15, 0.2) is 11.6 Å². The largest absolute Gasteiger partial charge is 0.480 e. The third-order valence-corrected chi connectivity index (χ3v) is 9.74. The number of nitrogens with one attached hydrogen (secondary N) is 1. The van der Waals surface area contributed by atoms with Crippen LogP contribution in [0.15, 0.2) is 60.7 Å². The number of hydrogen-bond acceptors (Lipinski definition) is 6. The summed E-state index contributed by atoms with van der Waals surface area (Å²) in [4.78, 5) is 40.1. The molecule has 3 heterocycles. The van der Waals surface area contributed by atoms with Gasteiger partial charge in [0.2, 0.25) is 0 Å². The number of thiophene rings is 1. The number of nitrogens with zero attached hydrogens (tertiary/aromatic N) is 4. The summed E-state index contributed by atoms with van der Waals surface area (Å²) in [5.41, 5.74) is 1.84. The summed E-state index contributed by atoms with van der Waals surface area (Å²) < 4.78 is 3.45. The van der Waals surface area contributed by atoms with Crippen molar-refractivity contribution in [2.75, 3.05) is 0 Å². The summed E-state index contributed by atoms with van der Waals surface area (Å²) >= 11 is 7.97. The first-order chi connectivity index (χ1) is 21.4. The van der Waals surface area contributed by atoms with Crippen molar-refractivity contribution in [3.05, 3.63) is 99.0 Å². The maximum atomic E-state index is 13.9. The molecule has 44 heavy (non-hydrogen) atoms. The number of fused-ring (bicyclic) bond motifs is 1. The molecule has 11 heteroatoms. The van der Waals surface area contributed by atoms with Crippen LogP contribution in [0.25, 0.3) is 15.9 Å². The van der Waals surface area contributed by atoms with Gasteiger partial charge in [-0.1, -0.05) is 68.1 Å². The van der Waals surface area contributed by atoms with Gasteiger partial charge >= 0.3 is 5.97 Å². The lowest BCUT2D eigenvalue weighted by atomic mass is 9.88. The summed E-state index contributed by atoms with van der Waals surface area (Å²) in [5.74, 6) is -0.196. The molecule has 0 atom stereocenters. The Hall–Kier alpha value is -4.28. The van der Waals surface area contributed by atoms with Crippen molar-refractivity contribution < 1.29 is 19.5 Å². The molecular weight excluding hydrogens is 598 g/mol. The zero-order valence-corrected chi connectivity index (χ0v) is 25.8. The number of carboxylic acids is 1. The first-order valence-electron chi connectivity index (χ1n) is 14.8. The molecule has 0 saturated heterocycles. The average Bonchev–Trinajstić information content (AvgIpc) is 3.75. The molecule has 2 N–H and O–H groups in total. The minimum atomic E-state index is -1.04. The Balaban J connectivity index is 1.40. The van der Waals surface area contributed by atoms with Gasteiger partial charge in [0.05, 0.1) is 17.1 Å². The summed E-state index contributed by atoms with van der Waals surface area (Å²) in [6, 6.07) is 17.9. The molecule has 1 amide bonds. The average molecular weight is 630 g/mol. The molecule has 5 aromatic rings. The molecule has 1 saturated carbocycles. The molecule has 0 radical (unpaired) electrons. The first-order valence-corrected chi connectivity index (χ1v) is 16.0. The molecule has 0 spiro atoms. The molecule has 1 aliphatic carbocycles. The molecule has 0 aliphatic heterocycles. The lowest BCUT2D eigenvalue weighted by Crippen LogP contribution is -2.28. The fourth-order valence-corrected chi connectivity index (χ4v) is 7.31. The molecule has 1 fully saturated rings. The molecule has 1 aliphatic rings. The second-order valence-electron chi connectivity index (χ2n) is 11.0. The van der Waals surface area contributed by atoms with Crippen LogP contribution in [0.2, 0.25) is 5.02 Å². The highest BCUT2D eigenvalue weighted by Crippen LogP contribution is 2.37. The van der Waals surface area contributed by atoms with Crippen molar-refractivity contribution in [1.29, 1.82) is 0 Å². The van der Waals surface area contributed by atoms with Gasteiger partial charge in [-0.15, -0.1) is 21.5 Å². The third kappa shape index (κ3) is 5.79. The predicted octanol–water partition coefficient (Wildman–Crippen LogP) is 6.79. The number of carbonyl (C=O) groups is 3. The van der Waals surface area contributed by atoms with Crippen molar-refractivity contribution >= 4 is 51.5 Å². The SMILES string of the molecule is CCc1cc(C(=O)c2ccccc2Cl)c(-n2c(CNC(=O)c3cc4ccccc4n3CC(=O)O)nnc2C2CCCCC2)s1. The van der Waals surface area contributed by atoms with E-state index in [2.05, 4.69) is 15.5 Å². The van der Waals surface area contributed by atoms with E-state index in [1.54, 1.807) is 36.4 Å². The summed E-state index contributed by atoms with van der Waals surface area (Å²) in [5, 5.41) is 23.5. The van der Waals surface area contributed by atoms with Crippen molar-refractivity contribution in [3.63, 3.8) is 0 Å². The molecule has 9 nitrogen and oxygen atoms in total. The summed E-state index contributed by atoms with van der Waals surface area (Å²) in [6.07, 6.45) is 6.04. The van der Waals surface area contributed by atoms with Crippen LogP contribution < -0.4 is 5.32 Å². The van der Waals surface area contributed by atoms with Crippen LogP contribution in [0, 0.1) is 0 Å². The minimum absolute atomic E-state index is 0.0340. The van der Waals surface area contributed by atoms with Gasteiger partial charge < -0.3 is 15.0 Å². The van der Waals surface area contributed by atoms with E-state index in [0.717, 1.165) is 48.2 Å². The van der Waals surface area contributed by atoms with E-state index in [0.29, 0.717) is 32.5 Å². The normalized spacial score (nSPS) is 13.8. The van der Waals surface area contributed by atoms with Crippen LogP contribution in [0.3, 0.4) is 0 Å².